The summed E-state index contributed by atoms with van der Waals surface area (Å²) in [6, 6.07) is 8.04. The summed E-state index contributed by atoms with van der Waals surface area (Å²) < 4.78 is 5.46. The fourth-order valence-electron chi connectivity index (χ4n) is 3.87. The second-order valence-corrected chi connectivity index (χ2v) is 7.46. The van der Waals surface area contributed by atoms with Gasteiger partial charge in [-0.15, -0.1) is 12.4 Å². The van der Waals surface area contributed by atoms with Crippen molar-refractivity contribution in [3.63, 3.8) is 0 Å². The van der Waals surface area contributed by atoms with E-state index in [1.54, 1.807) is 7.11 Å². The number of carbonyl (C=O) groups excluding carboxylic acids is 1. The van der Waals surface area contributed by atoms with E-state index >= 15 is 0 Å². The number of hydrogen-bond acceptors (Lipinski definition) is 4. The van der Waals surface area contributed by atoms with Crippen LogP contribution >= 0.6 is 12.4 Å². The van der Waals surface area contributed by atoms with Crippen LogP contribution in [0.3, 0.4) is 0 Å². The van der Waals surface area contributed by atoms with Crippen LogP contribution in [-0.4, -0.2) is 56.7 Å². The maximum atomic E-state index is 13.0. The molecule has 2 aliphatic rings. The van der Waals surface area contributed by atoms with Gasteiger partial charge in [0.2, 0.25) is 5.91 Å². The highest BCUT2D eigenvalue weighted by atomic mass is 35.5. The fraction of sp³-hybridized carbons (Fsp3) is 0.632. The van der Waals surface area contributed by atoms with Crippen molar-refractivity contribution in [3.05, 3.63) is 24.3 Å². The number of piperazine rings is 1. The van der Waals surface area contributed by atoms with Gasteiger partial charge in [0.1, 0.15) is 5.75 Å². The minimum absolute atomic E-state index is 0. The number of methoxy groups -OCH3 is 1. The van der Waals surface area contributed by atoms with Gasteiger partial charge in [-0.3, -0.25) is 4.79 Å². The molecule has 0 aromatic heterocycles. The van der Waals surface area contributed by atoms with Gasteiger partial charge in [0.15, 0.2) is 0 Å². The van der Waals surface area contributed by atoms with E-state index in [2.05, 4.69) is 30.1 Å². The summed E-state index contributed by atoms with van der Waals surface area (Å²) in [6.07, 6.45) is 2.26. The van der Waals surface area contributed by atoms with E-state index in [-0.39, 0.29) is 29.8 Å². The van der Waals surface area contributed by atoms with E-state index < -0.39 is 0 Å². The molecule has 1 amide bonds. The highest BCUT2D eigenvalue weighted by Crippen LogP contribution is 2.32. The van der Waals surface area contributed by atoms with Gasteiger partial charge in [0, 0.05) is 26.2 Å². The number of piperidine rings is 1. The number of halogens is 1. The third-order valence-electron chi connectivity index (χ3n) is 5.39. The number of amides is 1. The smallest absolute Gasteiger partial charge is 0.240 e. The molecule has 25 heavy (non-hydrogen) atoms. The van der Waals surface area contributed by atoms with Gasteiger partial charge in [-0.25, -0.2) is 0 Å². The van der Waals surface area contributed by atoms with Crippen LogP contribution in [0.4, 0.5) is 5.69 Å². The van der Waals surface area contributed by atoms with E-state index in [0.717, 1.165) is 57.0 Å². The van der Waals surface area contributed by atoms with E-state index in [9.17, 15) is 4.79 Å². The molecule has 2 fully saturated rings. The molecule has 0 bridgehead atoms. The molecule has 1 aromatic carbocycles. The van der Waals surface area contributed by atoms with Gasteiger partial charge >= 0.3 is 0 Å². The number of rotatable bonds is 3. The number of nitrogens with zero attached hydrogens (tertiary/aromatic N) is 2. The second-order valence-electron chi connectivity index (χ2n) is 7.46. The molecule has 1 aromatic rings. The number of benzene rings is 1. The molecule has 0 saturated carbocycles. The average Bonchev–Trinajstić information content (AvgIpc) is 2.61. The maximum Gasteiger partial charge on any atom is 0.240 e. The number of anilines is 1. The number of para-hydroxylation sites is 2. The minimum atomic E-state index is -0.0518. The Balaban J connectivity index is 0.00000225. The molecule has 0 radical (unpaired) electrons. The Morgan fingerprint density at radius 1 is 1.20 bits per heavy atom. The van der Waals surface area contributed by atoms with Crippen molar-refractivity contribution in [1.29, 1.82) is 0 Å². The molecule has 140 valence electrons. The quantitative estimate of drug-likeness (QED) is 0.891. The predicted molar refractivity (Wildman–Crippen MR) is 104 cm³/mol. The van der Waals surface area contributed by atoms with Crippen molar-refractivity contribution in [1.82, 2.24) is 10.2 Å². The first-order chi connectivity index (χ1) is 11.5. The van der Waals surface area contributed by atoms with Crippen molar-refractivity contribution in [2.75, 3.05) is 44.7 Å². The lowest BCUT2D eigenvalue weighted by Crippen LogP contribution is -2.59. The Morgan fingerprint density at radius 2 is 1.88 bits per heavy atom. The Bertz CT molecular complexity index is 586. The Kier molecular flexibility index (Phi) is 6.58. The molecule has 3 rings (SSSR count). The molecule has 2 heterocycles. The van der Waals surface area contributed by atoms with Crippen LogP contribution in [0.5, 0.6) is 5.75 Å². The van der Waals surface area contributed by atoms with Crippen LogP contribution in [-0.2, 0) is 4.79 Å². The third-order valence-corrected chi connectivity index (χ3v) is 5.39. The summed E-state index contributed by atoms with van der Waals surface area (Å²) in [7, 11) is 1.70. The second kappa shape index (κ2) is 8.28. The van der Waals surface area contributed by atoms with Crippen LogP contribution in [0.15, 0.2) is 24.3 Å². The van der Waals surface area contributed by atoms with Crippen molar-refractivity contribution < 1.29 is 9.53 Å². The minimum Gasteiger partial charge on any atom is -0.495 e. The molecule has 5 nitrogen and oxygen atoms in total. The van der Waals surface area contributed by atoms with Crippen molar-refractivity contribution in [2.45, 2.75) is 32.7 Å². The first-order valence-corrected chi connectivity index (χ1v) is 8.93. The largest absolute Gasteiger partial charge is 0.495 e. The standard InChI is InChI=1S/C19H29N3O2.ClH/c1-19(2)9-6-10-20-17(19)18(23)22-13-11-21(12-14-22)15-7-4-5-8-16(15)24-3;/h4-5,7-8,17,20H,6,9-14H2,1-3H3;1H. The normalized spacial score (nSPS) is 22.9. The third kappa shape index (κ3) is 4.21. The topological polar surface area (TPSA) is 44.8 Å². The van der Waals surface area contributed by atoms with Crippen LogP contribution in [0.2, 0.25) is 0 Å². The average molecular weight is 368 g/mol. The summed E-state index contributed by atoms with van der Waals surface area (Å²) in [5.74, 6) is 1.16. The molecule has 1 N–H and O–H groups in total. The summed E-state index contributed by atoms with van der Waals surface area (Å²) in [5, 5.41) is 3.44. The van der Waals surface area contributed by atoms with E-state index in [1.807, 2.05) is 23.1 Å². The van der Waals surface area contributed by atoms with Crippen LogP contribution in [0.25, 0.3) is 0 Å². The summed E-state index contributed by atoms with van der Waals surface area (Å²) in [5.41, 5.74) is 1.15. The van der Waals surface area contributed by atoms with Gasteiger partial charge in [-0.2, -0.15) is 0 Å². The van der Waals surface area contributed by atoms with Crippen molar-refractivity contribution in [2.24, 2.45) is 5.41 Å². The van der Waals surface area contributed by atoms with E-state index in [1.165, 1.54) is 0 Å². The monoisotopic (exact) mass is 367 g/mol. The number of ether oxygens (including phenoxy) is 1. The Labute approximate surface area is 157 Å². The summed E-state index contributed by atoms with van der Waals surface area (Å²) >= 11 is 0. The maximum absolute atomic E-state index is 13.0. The predicted octanol–water partition coefficient (Wildman–Crippen LogP) is 2.54. The van der Waals surface area contributed by atoms with Gasteiger partial charge < -0.3 is 19.9 Å². The van der Waals surface area contributed by atoms with Crippen molar-refractivity contribution >= 4 is 24.0 Å². The molecular formula is C19H30ClN3O2. The summed E-state index contributed by atoms with van der Waals surface area (Å²) in [4.78, 5) is 17.3. The van der Waals surface area contributed by atoms with Gasteiger partial charge in [0.25, 0.3) is 0 Å². The van der Waals surface area contributed by atoms with Crippen LogP contribution in [0, 0.1) is 5.41 Å². The zero-order valence-electron chi connectivity index (χ0n) is 15.5. The first kappa shape index (κ1) is 19.9. The molecule has 2 aliphatic heterocycles. The van der Waals surface area contributed by atoms with Gasteiger partial charge in [-0.1, -0.05) is 26.0 Å². The fourth-order valence-corrected chi connectivity index (χ4v) is 3.87. The lowest BCUT2D eigenvalue weighted by atomic mass is 9.77. The number of hydrogen-bond donors (Lipinski definition) is 1. The highest BCUT2D eigenvalue weighted by Gasteiger charge is 2.39. The zero-order valence-corrected chi connectivity index (χ0v) is 16.3. The molecule has 0 aliphatic carbocycles. The first-order valence-electron chi connectivity index (χ1n) is 8.93. The SMILES string of the molecule is COc1ccccc1N1CCN(C(=O)C2NCCCC2(C)C)CC1.Cl. The van der Waals surface area contributed by atoms with Crippen LogP contribution in [0.1, 0.15) is 26.7 Å². The van der Waals surface area contributed by atoms with E-state index in [4.69, 9.17) is 4.74 Å². The highest BCUT2D eigenvalue weighted by molar-refractivity contribution is 5.85. The number of carbonyl (C=O) groups is 1. The number of nitrogens with one attached hydrogen (secondary N) is 1. The Morgan fingerprint density at radius 3 is 2.52 bits per heavy atom. The van der Waals surface area contributed by atoms with Crippen molar-refractivity contribution in [3.8, 4) is 5.75 Å². The van der Waals surface area contributed by atoms with E-state index in [0.29, 0.717) is 0 Å². The molecule has 1 unspecified atom stereocenters. The molecule has 2 saturated heterocycles. The van der Waals surface area contributed by atoms with Gasteiger partial charge in [0.05, 0.1) is 18.8 Å². The molecular weight excluding hydrogens is 338 g/mol. The molecule has 6 heteroatoms. The van der Waals surface area contributed by atoms with Crippen LogP contribution < -0.4 is 15.0 Å². The summed E-state index contributed by atoms with van der Waals surface area (Å²) in [6.45, 7) is 8.58. The zero-order chi connectivity index (χ0) is 17.2. The van der Waals surface area contributed by atoms with Gasteiger partial charge in [-0.05, 0) is 36.9 Å². The molecule has 0 spiro atoms. The lowest BCUT2D eigenvalue weighted by Gasteiger charge is -2.43. The Hall–Kier alpha value is -1.46. The lowest BCUT2D eigenvalue weighted by molar-refractivity contribution is -0.137. The molecule has 1 atom stereocenters.